The predicted octanol–water partition coefficient (Wildman–Crippen LogP) is 1.28. The van der Waals surface area contributed by atoms with Gasteiger partial charge >= 0.3 is 5.97 Å². The molecule has 13 heavy (non-hydrogen) atoms. The van der Waals surface area contributed by atoms with Gasteiger partial charge in [0.1, 0.15) is 6.10 Å². The number of rotatable bonds is 1. The van der Waals surface area contributed by atoms with Crippen LogP contribution in [0.1, 0.15) is 19.3 Å². The van der Waals surface area contributed by atoms with Crippen molar-refractivity contribution in [3.05, 3.63) is 12.2 Å². The van der Waals surface area contributed by atoms with Gasteiger partial charge in [0.15, 0.2) is 0 Å². The molecule has 0 aromatic rings. The van der Waals surface area contributed by atoms with Gasteiger partial charge in [0.2, 0.25) is 0 Å². The molecule has 3 atom stereocenters. The molecule has 0 bridgehead atoms. The molecule has 1 aliphatic carbocycles. The zero-order valence-electron chi connectivity index (χ0n) is 7.73. The van der Waals surface area contributed by atoms with E-state index in [2.05, 4.69) is 0 Å². The predicted molar refractivity (Wildman–Crippen MR) is 47.2 cm³/mol. The van der Waals surface area contributed by atoms with Gasteiger partial charge in [0.25, 0.3) is 0 Å². The summed E-state index contributed by atoms with van der Waals surface area (Å²) >= 11 is 0. The number of esters is 1. The van der Waals surface area contributed by atoms with E-state index in [9.17, 15) is 4.79 Å². The first-order chi connectivity index (χ1) is 6.31. The molecule has 2 aliphatic rings. The lowest BCUT2D eigenvalue weighted by Gasteiger charge is -2.36. The molecule has 0 saturated heterocycles. The Morgan fingerprint density at radius 2 is 2.38 bits per heavy atom. The summed E-state index contributed by atoms with van der Waals surface area (Å²) in [6.45, 7) is 0. The second-order valence-electron chi connectivity index (χ2n) is 3.63. The molecule has 0 amide bonds. The van der Waals surface area contributed by atoms with Crippen LogP contribution in [0, 0.1) is 5.92 Å². The van der Waals surface area contributed by atoms with Crippen LogP contribution >= 0.6 is 0 Å². The number of fused-ring (bicyclic) bond motifs is 1. The summed E-state index contributed by atoms with van der Waals surface area (Å²) in [6.07, 6.45) is 6.79. The molecule has 72 valence electrons. The fraction of sp³-hybridized carbons (Fsp3) is 0.700. The normalized spacial score (nSPS) is 38.2. The van der Waals surface area contributed by atoms with Crippen molar-refractivity contribution in [3.8, 4) is 0 Å². The number of carbonyl (C=O) groups is 1. The Kier molecular flexibility index (Phi) is 2.36. The van der Waals surface area contributed by atoms with Crippen LogP contribution in [0.15, 0.2) is 12.2 Å². The fourth-order valence-electron chi connectivity index (χ4n) is 2.16. The molecule has 3 nitrogen and oxygen atoms in total. The van der Waals surface area contributed by atoms with Gasteiger partial charge in [-0.05, 0) is 19.3 Å². The summed E-state index contributed by atoms with van der Waals surface area (Å²) in [5, 5.41) is 0. The molecular formula is C10H14O3. The lowest BCUT2D eigenvalue weighted by Crippen LogP contribution is -2.43. The van der Waals surface area contributed by atoms with Crippen LogP contribution in [0.25, 0.3) is 0 Å². The van der Waals surface area contributed by atoms with E-state index in [1.54, 1.807) is 7.11 Å². The Labute approximate surface area is 77.7 Å². The summed E-state index contributed by atoms with van der Waals surface area (Å²) < 4.78 is 10.5. The van der Waals surface area contributed by atoms with Crippen LogP contribution in [-0.4, -0.2) is 25.3 Å². The molecule has 1 heterocycles. The number of methoxy groups -OCH3 is 1. The third-order valence-corrected chi connectivity index (χ3v) is 2.85. The van der Waals surface area contributed by atoms with Crippen molar-refractivity contribution in [1.29, 1.82) is 0 Å². The van der Waals surface area contributed by atoms with Gasteiger partial charge in [-0.2, -0.15) is 0 Å². The maximum absolute atomic E-state index is 11.0. The van der Waals surface area contributed by atoms with Crippen LogP contribution in [0.2, 0.25) is 0 Å². The van der Waals surface area contributed by atoms with Gasteiger partial charge in [-0.15, -0.1) is 0 Å². The van der Waals surface area contributed by atoms with Crippen LogP contribution in [-0.2, 0) is 14.3 Å². The summed E-state index contributed by atoms with van der Waals surface area (Å²) in [5.41, 5.74) is 0. The van der Waals surface area contributed by atoms with Crippen molar-refractivity contribution in [2.45, 2.75) is 31.5 Å². The van der Waals surface area contributed by atoms with Gasteiger partial charge < -0.3 is 9.47 Å². The first kappa shape index (κ1) is 8.75. The summed E-state index contributed by atoms with van der Waals surface area (Å²) in [6, 6.07) is 0. The zero-order valence-corrected chi connectivity index (χ0v) is 7.73. The molecule has 1 aliphatic heterocycles. The van der Waals surface area contributed by atoms with E-state index in [0.717, 1.165) is 19.3 Å². The van der Waals surface area contributed by atoms with E-state index in [1.807, 2.05) is 6.08 Å². The highest BCUT2D eigenvalue weighted by molar-refractivity contribution is 5.83. The highest BCUT2D eigenvalue weighted by atomic mass is 16.6. The van der Waals surface area contributed by atoms with Gasteiger partial charge in [-0.1, -0.05) is 6.08 Å². The third-order valence-electron chi connectivity index (χ3n) is 2.85. The maximum Gasteiger partial charge on any atom is 0.330 e. The second-order valence-corrected chi connectivity index (χ2v) is 3.63. The average molecular weight is 182 g/mol. The highest BCUT2D eigenvalue weighted by Gasteiger charge is 2.36. The summed E-state index contributed by atoms with van der Waals surface area (Å²) in [5.74, 6) is 0.140. The number of hydrogen-bond acceptors (Lipinski definition) is 3. The molecule has 0 unspecified atom stereocenters. The van der Waals surface area contributed by atoms with Crippen LogP contribution < -0.4 is 0 Å². The molecular weight excluding hydrogens is 168 g/mol. The number of ether oxygens (including phenoxy) is 2. The minimum Gasteiger partial charge on any atom is -0.456 e. The average Bonchev–Trinajstić information content (AvgIpc) is 2.17. The molecule has 0 aromatic heterocycles. The molecule has 1 saturated carbocycles. The van der Waals surface area contributed by atoms with Crippen molar-refractivity contribution in [2.75, 3.05) is 7.11 Å². The Bertz CT molecular complexity index is 234. The Hall–Kier alpha value is -0.830. The minimum absolute atomic E-state index is 0.0451. The van der Waals surface area contributed by atoms with Crippen molar-refractivity contribution < 1.29 is 14.3 Å². The fourth-order valence-corrected chi connectivity index (χ4v) is 2.16. The van der Waals surface area contributed by atoms with Crippen LogP contribution in [0.3, 0.4) is 0 Å². The van der Waals surface area contributed by atoms with E-state index >= 15 is 0 Å². The second kappa shape index (κ2) is 3.50. The van der Waals surface area contributed by atoms with Gasteiger partial charge in [-0.25, -0.2) is 4.79 Å². The van der Waals surface area contributed by atoms with E-state index in [0.29, 0.717) is 5.92 Å². The van der Waals surface area contributed by atoms with Gasteiger partial charge in [0, 0.05) is 19.1 Å². The van der Waals surface area contributed by atoms with Crippen molar-refractivity contribution in [1.82, 2.24) is 0 Å². The van der Waals surface area contributed by atoms with E-state index in [1.165, 1.54) is 6.08 Å². The smallest absolute Gasteiger partial charge is 0.330 e. The molecule has 2 rings (SSSR count). The van der Waals surface area contributed by atoms with Crippen molar-refractivity contribution >= 4 is 5.97 Å². The third kappa shape index (κ3) is 1.61. The van der Waals surface area contributed by atoms with Crippen molar-refractivity contribution in [2.24, 2.45) is 5.92 Å². The lowest BCUT2D eigenvalue weighted by molar-refractivity contribution is -0.159. The largest absolute Gasteiger partial charge is 0.456 e. The molecule has 0 spiro atoms. The van der Waals surface area contributed by atoms with E-state index in [4.69, 9.17) is 9.47 Å². The summed E-state index contributed by atoms with van der Waals surface area (Å²) in [7, 11) is 1.68. The molecule has 0 N–H and O–H groups in total. The first-order valence-corrected chi connectivity index (χ1v) is 4.73. The quantitative estimate of drug-likeness (QED) is 0.573. The minimum atomic E-state index is -0.231. The number of hydrogen-bond donors (Lipinski definition) is 0. The van der Waals surface area contributed by atoms with E-state index in [-0.39, 0.29) is 18.2 Å². The Morgan fingerprint density at radius 1 is 1.54 bits per heavy atom. The monoisotopic (exact) mass is 182 g/mol. The Morgan fingerprint density at radius 3 is 3.15 bits per heavy atom. The zero-order chi connectivity index (χ0) is 9.26. The Balaban J connectivity index is 2.13. The lowest BCUT2D eigenvalue weighted by atomic mass is 9.83. The SMILES string of the molecule is CO[C@H]1CCC[C@H]2C=CC(=O)O[C@@H]21. The standard InChI is InChI=1S/C10H14O3/c1-12-8-4-2-3-7-5-6-9(11)13-10(7)8/h5-8,10H,2-4H2,1H3/t7-,8-,10-/m0/s1. The van der Waals surface area contributed by atoms with Crippen molar-refractivity contribution in [3.63, 3.8) is 0 Å². The first-order valence-electron chi connectivity index (χ1n) is 4.73. The highest BCUT2D eigenvalue weighted by Crippen LogP contribution is 2.32. The van der Waals surface area contributed by atoms with E-state index < -0.39 is 0 Å². The topological polar surface area (TPSA) is 35.5 Å². The van der Waals surface area contributed by atoms with Gasteiger partial charge in [-0.3, -0.25) is 0 Å². The van der Waals surface area contributed by atoms with Crippen LogP contribution in [0.4, 0.5) is 0 Å². The molecule has 0 radical (unpaired) electrons. The number of carbonyl (C=O) groups excluding carboxylic acids is 1. The molecule has 1 fully saturated rings. The molecule has 3 heteroatoms. The maximum atomic E-state index is 11.0. The molecule has 0 aromatic carbocycles. The van der Waals surface area contributed by atoms with Gasteiger partial charge in [0.05, 0.1) is 6.10 Å². The summed E-state index contributed by atoms with van der Waals surface area (Å²) in [4.78, 5) is 11.0. The van der Waals surface area contributed by atoms with Crippen LogP contribution in [0.5, 0.6) is 0 Å².